The van der Waals surface area contributed by atoms with Crippen LogP contribution in [0.4, 0.5) is 11.6 Å². The molecule has 0 radical (unpaired) electrons. The van der Waals surface area contributed by atoms with Gasteiger partial charge in [-0.1, -0.05) is 13.8 Å². The summed E-state index contributed by atoms with van der Waals surface area (Å²) in [6.45, 7) is 7.28. The van der Waals surface area contributed by atoms with Gasteiger partial charge >= 0.3 is 0 Å². The Morgan fingerprint density at radius 1 is 1.28 bits per heavy atom. The van der Waals surface area contributed by atoms with Crippen molar-refractivity contribution in [2.75, 3.05) is 23.8 Å². The monoisotopic (exact) mass is 252 g/mol. The van der Waals surface area contributed by atoms with E-state index in [9.17, 15) is 0 Å². The molecule has 1 atom stereocenters. The first-order chi connectivity index (χ1) is 8.69. The summed E-state index contributed by atoms with van der Waals surface area (Å²) in [5.74, 6) is 2.51. The van der Waals surface area contributed by atoms with Crippen molar-refractivity contribution in [2.45, 2.75) is 46.1 Å². The third-order valence-electron chi connectivity index (χ3n) is 2.60. The van der Waals surface area contributed by atoms with Crippen LogP contribution >= 0.6 is 0 Å². The first kappa shape index (κ1) is 14.7. The van der Waals surface area contributed by atoms with E-state index < -0.39 is 0 Å². The molecule has 0 aliphatic heterocycles. The van der Waals surface area contributed by atoms with Crippen LogP contribution in [0.1, 0.15) is 39.4 Å². The van der Waals surface area contributed by atoms with Gasteiger partial charge < -0.3 is 15.7 Å². The lowest BCUT2D eigenvalue weighted by Gasteiger charge is -2.15. The van der Waals surface area contributed by atoms with Crippen molar-refractivity contribution in [3.8, 4) is 0 Å². The van der Waals surface area contributed by atoms with Crippen LogP contribution in [0.25, 0.3) is 0 Å². The van der Waals surface area contributed by atoms with Crippen molar-refractivity contribution < 1.29 is 5.11 Å². The minimum absolute atomic E-state index is 0.181. The van der Waals surface area contributed by atoms with Crippen LogP contribution in [-0.4, -0.2) is 34.3 Å². The van der Waals surface area contributed by atoms with Gasteiger partial charge in [0.1, 0.15) is 17.5 Å². The second-order valence-corrected chi connectivity index (χ2v) is 4.39. The molecule has 0 aliphatic carbocycles. The molecule has 18 heavy (non-hydrogen) atoms. The van der Waals surface area contributed by atoms with Crippen molar-refractivity contribution in [1.82, 2.24) is 9.97 Å². The lowest BCUT2D eigenvalue weighted by Crippen LogP contribution is -2.18. The molecule has 1 aromatic heterocycles. The molecule has 5 heteroatoms. The number of anilines is 2. The van der Waals surface area contributed by atoms with Gasteiger partial charge in [0.15, 0.2) is 0 Å². The fraction of sp³-hybridized carbons (Fsp3) is 0.692. The summed E-state index contributed by atoms with van der Waals surface area (Å²) in [6.07, 6.45) is 2.59. The van der Waals surface area contributed by atoms with Gasteiger partial charge in [-0.05, 0) is 19.8 Å². The van der Waals surface area contributed by atoms with Crippen LogP contribution in [0.15, 0.2) is 6.07 Å². The fourth-order valence-electron chi connectivity index (χ4n) is 1.59. The smallest absolute Gasteiger partial charge is 0.132 e. The fourth-order valence-corrected chi connectivity index (χ4v) is 1.59. The zero-order chi connectivity index (χ0) is 13.4. The average molecular weight is 252 g/mol. The standard InChI is InChI=1S/C13H24N4O/c1-4-7-14-12-9-13(15-10(3)6-8-18)17-11(5-2)16-12/h9-10,18H,4-8H2,1-3H3,(H2,14,15,16,17). The third kappa shape index (κ3) is 4.87. The number of nitrogens with one attached hydrogen (secondary N) is 2. The van der Waals surface area contributed by atoms with Gasteiger partial charge in [-0.15, -0.1) is 0 Å². The number of hydrogen-bond donors (Lipinski definition) is 3. The number of aliphatic hydroxyl groups is 1. The van der Waals surface area contributed by atoms with Gasteiger partial charge in [0, 0.05) is 31.7 Å². The van der Waals surface area contributed by atoms with Gasteiger partial charge in [-0.2, -0.15) is 0 Å². The summed E-state index contributed by atoms with van der Waals surface area (Å²) in [7, 11) is 0. The number of rotatable bonds is 8. The average Bonchev–Trinajstić information content (AvgIpc) is 2.36. The van der Waals surface area contributed by atoms with Gasteiger partial charge in [0.2, 0.25) is 0 Å². The van der Waals surface area contributed by atoms with E-state index in [1.807, 2.05) is 19.9 Å². The highest BCUT2D eigenvalue weighted by molar-refractivity contribution is 5.48. The topological polar surface area (TPSA) is 70.1 Å². The minimum atomic E-state index is 0.181. The molecule has 1 unspecified atom stereocenters. The van der Waals surface area contributed by atoms with Crippen LogP contribution in [0.3, 0.4) is 0 Å². The molecule has 0 saturated heterocycles. The molecule has 1 aromatic rings. The van der Waals surface area contributed by atoms with Crippen molar-refractivity contribution in [2.24, 2.45) is 0 Å². The predicted octanol–water partition coefficient (Wildman–Crippen LogP) is 2.04. The molecule has 5 nitrogen and oxygen atoms in total. The van der Waals surface area contributed by atoms with E-state index in [1.54, 1.807) is 0 Å². The van der Waals surface area contributed by atoms with Gasteiger partial charge in [0.05, 0.1) is 0 Å². The van der Waals surface area contributed by atoms with E-state index in [0.29, 0.717) is 6.42 Å². The second-order valence-electron chi connectivity index (χ2n) is 4.39. The maximum Gasteiger partial charge on any atom is 0.132 e. The van der Waals surface area contributed by atoms with Gasteiger partial charge in [0.25, 0.3) is 0 Å². The zero-order valence-electron chi connectivity index (χ0n) is 11.5. The zero-order valence-corrected chi connectivity index (χ0v) is 11.5. The molecule has 1 rings (SSSR count). The molecule has 1 heterocycles. The van der Waals surface area contributed by atoms with Crippen LogP contribution in [-0.2, 0) is 6.42 Å². The molecule has 0 fully saturated rings. The highest BCUT2D eigenvalue weighted by Gasteiger charge is 2.06. The molecular weight excluding hydrogens is 228 g/mol. The first-order valence-electron chi connectivity index (χ1n) is 6.68. The Hall–Kier alpha value is -1.36. The Labute approximate surface area is 109 Å². The summed E-state index contributed by atoms with van der Waals surface area (Å²) in [6, 6.07) is 2.12. The number of aryl methyl sites for hydroxylation is 1. The number of nitrogens with zero attached hydrogens (tertiary/aromatic N) is 2. The molecule has 0 spiro atoms. The van der Waals surface area contributed by atoms with Crippen LogP contribution in [0, 0.1) is 0 Å². The summed E-state index contributed by atoms with van der Waals surface area (Å²) >= 11 is 0. The van der Waals surface area contributed by atoms with E-state index in [1.165, 1.54) is 0 Å². The van der Waals surface area contributed by atoms with Gasteiger partial charge in [-0.3, -0.25) is 0 Å². The summed E-state index contributed by atoms with van der Waals surface area (Å²) in [5.41, 5.74) is 0. The van der Waals surface area contributed by atoms with Crippen molar-refractivity contribution in [3.63, 3.8) is 0 Å². The van der Waals surface area contributed by atoms with Crippen LogP contribution in [0.2, 0.25) is 0 Å². The Morgan fingerprint density at radius 3 is 2.61 bits per heavy atom. The van der Waals surface area contributed by atoms with Gasteiger partial charge in [-0.25, -0.2) is 9.97 Å². The lowest BCUT2D eigenvalue weighted by molar-refractivity contribution is 0.282. The van der Waals surface area contributed by atoms with E-state index in [2.05, 4.69) is 27.5 Å². The van der Waals surface area contributed by atoms with E-state index >= 15 is 0 Å². The number of aromatic nitrogens is 2. The van der Waals surface area contributed by atoms with Crippen molar-refractivity contribution >= 4 is 11.6 Å². The number of hydrogen-bond acceptors (Lipinski definition) is 5. The number of aliphatic hydroxyl groups excluding tert-OH is 1. The Balaban J connectivity index is 2.76. The lowest BCUT2D eigenvalue weighted by atomic mass is 10.2. The van der Waals surface area contributed by atoms with Crippen molar-refractivity contribution in [1.29, 1.82) is 0 Å². The SMILES string of the molecule is CCCNc1cc(NC(C)CCO)nc(CC)n1. The summed E-state index contributed by atoms with van der Waals surface area (Å²) in [4.78, 5) is 8.87. The molecule has 0 aliphatic rings. The molecule has 3 N–H and O–H groups in total. The van der Waals surface area contributed by atoms with E-state index in [4.69, 9.17) is 5.11 Å². The Kier molecular flexibility index (Phi) is 6.43. The van der Waals surface area contributed by atoms with Crippen LogP contribution < -0.4 is 10.6 Å². The molecule has 0 aromatic carbocycles. The highest BCUT2D eigenvalue weighted by atomic mass is 16.3. The highest BCUT2D eigenvalue weighted by Crippen LogP contribution is 2.13. The van der Waals surface area contributed by atoms with E-state index in [0.717, 1.165) is 36.8 Å². The second kappa shape index (κ2) is 7.87. The summed E-state index contributed by atoms with van der Waals surface area (Å²) in [5, 5.41) is 15.5. The minimum Gasteiger partial charge on any atom is -0.396 e. The normalized spacial score (nSPS) is 12.2. The Bertz CT molecular complexity index is 357. The molecular formula is C13H24N4O. The molecule has 102 valence electrons. The first-order valence-corrected chi connectivity index (χ1v) is 6.68. The molecule has 0 amide bonds. The third-order valence-corrected chi connectivity index (χ3v) is 2.60. The maximum absolute atomic E-state index is 8.90. The molecule has 0 saturated carbocycles. The maximum atomic E-state index is 8.90. The van der Waals surface area contributed by atoms with Crippen LogP contribution in [0.5, 0.6) is 0 Å². The summed E-state index contributed by atoms with van der Waals surface area (Å²) < 4.78 is 0. The predicted molar refractivity (Wildman–Crippen MR) is 75.0 cm³/mol. The quantitative estimate of drug-likeness (QED) is 0.660. The molecule has 0 bridgehead atoms. The Morgan fingerprint density at radius 2 is 2.00 bits per heavy atom. The van der Waals surface area contributed by atoms with Crippen molar-refractivity contribution in [3.05, 3.63) is 11.9 Å². The largest absolute Gasteiger partial charge is 0.396 e. The van der Waals surface area contributed by atoms with E-state index in [-0.39, 0.29) is 12.6 Å².